The van der Waals surface area contributed by atoms with Gasteiger partial charge in [-0.05, 0) is 18.2 Å². The summed E-state index contributed by atoms with van der Waals surface area (Å²) in [4.78, 5) is 2.28. The maximum absolute atomic E-state index is 6.22. The van der Waals surface area contributed by atoms with E-state index in [1.807, 2.05) is 24.3 Å². The van der Waals surface area contributed by atoms with Crippen molar-refractivity contribution in [1.29, 1.82) is 0 Å². The fourth-order valence-electron chi connectivity index (χ4n) is 1.96. The largest absolute Gasteiger partial charge is 0.383 e. The third-order valence-corrected chi connectivity index (χ3v) is 3.26. The lowest BCUT2D eigenvalue weighted by Crippen LogP contribution is -2.36. The van der Waals surface area contributed by atoms with E-state index < -0.39 is 0 Å². The molecule has 0 spiro atoms. The Bertz CT molecular complexity index is 333. The maximum Gasteiger partial charge on any atom is 0.0589 e. The average molecular weight is 257 g/mol. The van der Waals surface area contributed by atoms with Crippen LogP contribution >= 0.6 is 11.6 Å². The summed E-state index contributed by atoms with van der Waals surface area (Å²) < 4.78 is 5.12. The fourth-order valence-corrected chi connectivity index (χ4v) is 2.22. The zero-order valence-corrected chi connectivity index (χ0v) is 11.3. The van der Waals surface area contributed by atoms with Crippen LogP contribution in [0.15, 0.2) is 24.3 Å². The molecule has 0 saturated carbocycles. The third-order valence-electron chi connectivity index (χ3n) is 2.92. The van der Waals surface area contributed by atoms with E-state index in [1.165, 1.54) is 0 Å². The van der Waals surface area contributed by atoms with Crippen LogP contribution in [0.1, 0.15) is 18.5 Å². The molecular formula is C13H21ClN2O. The van der Waals surface area contributed by atoms with Crippen molar-refractivity contribution in [1.82, 2.24) is 4.90 Å². The first-order chi connectivity index (χ1) is 8.24. The zero-order valence-electron chi connectivity index (χ0n) is 10.5. The predicted molar refractivity (Wildman–Crippen MR) is 72.4 cm³/mol. The second-order valence-electron chi connectivity index (χ2n) is 3.89. The van der Waals surface area contributed by atoms with E-state index in [4.69, 9.17) is 22.1 Å². The van der Waals surface area contributed by atoms with Crippen LogP contribution in [0.4, 0.5) is 0 Å². The summed E-state index contributed by atoms with van der Waals surface area (Å²) in [6.07, 6.45) is 0. The Morgan fingerprint density at radius 2 is 2.12 bits per heavy atom. The molecule has 0 heterocycles. The highest BCUT2D eigenvalue weighted by Gasteiger charge is 2.19. The van der Waals surface area contributed by atoms with Gasteiger partial charge in [0.1, 0.15) is 0 Å². The van der Waals surface area contributed by atoms with Gasteiger partial charge < -0.3 is 10.5 Å². The first-order valence-electron chi connectivity index (χ1n) is 5.92. The van der Waals surface area contributed by atoms with Crippen LogP contribution in [-0.4, -0.2) is 38.3 Å². The van der Waals surface area contributed by atoms with Crippen molar-refractivity contribution in [3.63, 3.8) is 0 Å². The minimum absolute atomic E-state index is 0.156. The SMILES string of the molecule is CCN(CCOC)C(CN)c1ccccc1Cl. The highest BCUT2D eigenvalue weighted by atomic mass is 35.5. The van der Waals surface area contributed by atoms with Crippen molar-refractivity contribution in [3.8, 4) is 0 Å². The summed E-state index contributed by atoms with van der Waals surface area (Å²) in [5.74, 6) is 0. The fraction of sp³-hybridized carbons (Fsp3) is 0.538. The molecule has 0 saturated heterocycles. The van der Waals surface area contributed by atoms with Crippen LogP contribution in [0.5, 0.6) is 0 Å². The topological polar surface area (TPSA) is 38.5 Å². The number of hydrogen-bond donors (Lipinski definition) is 1. The second-order valence-corrected chi connectivity index (χ2v) is 4.30. The lowest BCUT2D eigenvalue weighted by atomic mass is 10.1. The first-order valence-corrected chi connectivity index (χ1v) is 6.29. The molecule has 1 atom stereocenters. The van der Waals surface area contributed by atoms with E-state index in [-0.39, 0.29) is 6.04 Å². The molecule has 0 aliphatic heterocycles. The van der Waals surface area contributed by atoms with Gasteiger partial charge in [0, 0.05) is 31.3 Å². The van der Waals surface area contributed by atoms with Gasteiger partial charge in [-0.3, -0.25) is 4.90 Å². The molecule has 0 aliphatic rings. The number of nitrogens with zero attached hydrogens (tertiary/aromatic N) is 1. The van der Waals surface area contributed by atoms with Gasteiger partial charge in [0.15, 0.2) is 0 Å². The normalized spacial score (nSPS) is 13.0. The molecule has 17 heavy (non-hydrogen) atoms. The van der Waals surface area contributed by atoms with Crippen molar-refractivity contribution in [2.45, 2.75) is 13.0 Å². The predicted octanol–water partition coefficient (Wildman–Crippen LogP) is 2.31. The number of benzene rings is 1. The number of halogens is 1. The van der Waals surface area contributed by atoms with Crippen molar-refractivity contribution in [3.05, 3.63) is 34.9 Å². The van der Waals surface area contributed by atoms with E-state index in [1.54, 1.807) is 7.11 Å². The van der Waals surface area contributed by atoms with Crippen molar-refractivity contribution in [2.75, 3.05) is 33.4 Å². The van der Waals surface area contributed by atoms with E-state index in [0.717, 1.165) is 23.7 Å². The van der Waals surface area contributed by atoms with Crippen LogP contribution in [0.25, 0.3) is 0 Å². The Balaban J connectivity index is 2.85. The maximum atomic E-state index is 6.22. The molecule has 0 radical (unpaired) electrons. The summed E-state index contributed by atoms with van der Waals surface area (Å²) in [5.41, 5.74) is 6.97. The number of nitrogens with two attached hydrogens (primary N) is 1. The number of likely N-dealkylation sites (N-methyl/N-ethyl adjacent to an activating group) is 1. The quantitative estimate of drug-likeness (QED) is 0.814. The molecule has 0 fully saturated rings. The van der Waals surface area contributed by atoms with Crippen molar-refractivity contribution in [2.24, 2.45) is 5.73 Å². The zero-order chi connectivity index (χ0) is 12.7. The van der Waals surface area contributed by atoms with Crippen LogP contribution in [0.3, 0.4) is 0 Å². The van der Waals surface area contributed by atoms with E-state index >= 15 is 0 Å². The first kappa shape index (κ1) is 14.5. The molecule has 2 N–H and O–H groups in total. The molecule has 3 nitrogen and oxygen atoms in total. The minimum Gasteiger partial charge on any atom is -0.383 e. The number of rotatable bonds is 7. The number of methoxy groups -OCH3 is 1. The van der Waals surface area contributed by atoms with Gasteiger partial charge >= 0.3 is 0 Å². The Morgan fingerprint density at radius 3 is 2.65 bits per heavy atom. The molecule has 1 rings (SSSR count). The standard InChI is InChI=1S/C13H21ClN2O/c1-3-16(8-9-17-2)13(10-15)11-6-4-5-7-12(11)14/h4-7,13H,3,8-10,15H2,1-2H3. The van der Waals surface area contributed by atoms with Crippen molar-refractivity contribution >= 4 is 11.6 Å². The Hall–Kier alpha value is -0.610. The molecule has 0 bridgehead atoms. The van der Waals surface area contributed by atoms with Crippen LogP contribution in [0, 0.1) is 0 Å². The van der Waals surface area contributed by atoms with Gasteiger partial charge in [-0.1, -0.05) is 36.7 Å². The second kappa shape index (κ2) is 7.67. The highest BCUT2D eigenvalue weighted by molar-refractivity contribution is 6.31. The van der Waals surface area contributed by atoms with Crippen LogP contribution in [0.2, 0.25) is 5.02 Å². The monoisotopic (exact) mass is 256 g/mol. The molecule has 0 aromatic heterocycles. The van der Waals surface area contributed by atoms with Crippen LogP contribution in [-0.2, 0) is 4.74 Å². The Morgan fingerprint density at radius 1 is 1.41 bits per heavy atom. The van der Waals surface area contributed by atoms with Gasteiger partial charge in [-0.15, -0.1) is 0 Å². The minimum atomic E-state index is 0.156. The van der Waals surface area contributed by atoms with Gasteiger partial charge in [-0.2, -0.15) is 0 Å². The smallest absolute Gasteiger partial charge is 0.0589 e. The van der Waals surface area contributed by atoms with Gasteiger partial charge in [0.2, 0.25) is 0 Å². The summed E-state index contributed by atoms with van der Waals surface area (Å²) in [6.45, 7) is 5.17. The lowest BCUT2D eigenvalue weighted by Gasteiger charge is -2.30. The number of ether oxygens (including phenoxy) is 1. The molecular weight excluding hydrogens is 236 g/mol. The van der Waals surface area contributed by atoms with E-state index in [2.05, 4.69) is 11.8 Å². The summed E-state index contributed by atoms with van der Waals surface area (Å²) in [6, 6.07) is 8.03. The van der Waals surface area contributed by atoms with Crippen molar-refractivity contribution < 1.29 is 4.74 Å². The van der Waals surface area contributed by atoms with E-state index in [0.29, 0.717) is 13.2 Å². The molecule has 1 unspecified atom stereocenters. The molecule has 0 aliphatic carbocycles. The molecule has 1 aromatic rings. The van der Waals surface area contributed by atoms with Gasteiger partial charge in [0.25, 0.3) is 0 Å². The number of hydrogen-bond acceptors (Lipinski definition) is 3. The summed E-state index contributed by atoms with van der Waals surface area (Å²) in [7, 11) is 1.71. The lowest BCUT2D eigenvalue weighted by molar-refractivity contribution is 0.126. The Kier molecular flexibility index (Phi) is 6.52. The average Bonchev–Trinajstić information content (AvgIpc) is 2.36. The molecule has 1 aromatic carbocycles. The molecule has 4 heteroatoms. The van der Waals surface area contributed by atoms with Gasteiger partial charge in [0.05, 0.1) is 6.61 Å². The third kappa shape index (κ3) is 3.96. The Labute approximate surface area is 109 Å². The summed E-state index contributed by atoms with van der Waals surface area (Å²) in [5, 5.41) is 0.777. The van der Waals surface area contributed by atoms with Crippen LogP contribution < -0.4 is 5.73 Å². The molecule has 96 valence electrons. The molecule has 0 amide bonds. The highest BCUT2D eigenvalue weighted by Crippen LogP contribution is 2.26. The summed E-state index contributed by atoms with van der Waals surface area (Å²) >= 11 is 6.22. The van der Waals surface area contributed by atoms with Gasteiger partial charge in [-0.25, -0.2) is 0 Å². The van der Waals surface area contributed by atoms with E-state index in [9.17, 15) is 0 Å².